The van der Waals surface area contributed by atoms with Crippen LogP contribution in [0.1, 0.15) is 28.8 Å². The van der Waals surface area contributed by atoms with Crippen molar-refractivity contribution in [2.45, 2.75) is 12.8 Å². The second-order valence-corrected chi connectivity index (χ2v) is 14.6. The lowest BCUT2D eigenvalue weighted by Gasteiger charge is -2.27. The number of fused-ring (bicyclic) bond motifs is 4. The Morgan fingerprint density at radius 2 is 1.28 bits per heavy atom. The van der Waals surface area contributed by atoms with E-state index in [-0.39, 0.29) is 0 Å². The molecule has 3 heterocycles. The van der Waals surface area contributed by atoms with E-state index in [1.165, 1.54) is 38.8 Å². The summed E-state index contributed by atoms with van der Waals surface area (Å²) in [7, 11) is 0. The second kappa shape index (κ2) is 14.7. The Balaban J connectivity index is 1.03. The highest BCUT2D eigenvalue weighted by atomic mass is 15.2. The minimum Gasteiger partial charge on any atom is -0.337 e. The molecule has 0 saturated heterocycles. The molecule has 6 aromatic carbocycles. The van der Waals surface area contributed by atoms with Crippen LogP contribution in [0.3, 0.4) is 0 Å². The first kappa shape index (κ1) is 34.2. The van der Waals surface area contributed by atoms with Crippen LogP contribution < -0.4 is 4.90 Å². The summed E-state index contributed by atoms with van der Waals surface area (Å²) in [6.07, 6.45) is 14.6. The maximum Gasteiger partial charge on any atom is 0.235 e. The van der Waals surface area contributed by atoms with Gasteiger partial charge in [-0.25, -0.2) is 9.97 Å². The summed E-state index contributed by atoms with van der Waals surface area (Å²) >= 11 is 0. The van der Waals surface area contributed by atoms with E-state index in [1.54, 1.807) is 0 Å². The van der Waals surface area contributed by atoms with E-state index in [0.29, 0.717) is 5.95 Å². The Morgan fingerprint density at radius 1 is 0.579 bits per heavy atom. The third kappa shape index (κ3) is 6.51. The fourth-order valence-corrected chi connectivity index (χ4v) is 8.33. The van der Waals surface area contributed by atoms with Crippen molar-refractivity contribution in [2.75, 3.05) is 11.4 Å². The monoisotopic (exact) mass is 732 g/mol. The molecule has 2 aromatic heterocycles. The first-order valence-corrected chi connectivity index (χ1v) is 19.6. The molecular weight excluding hydrogens is 693 g/mol. The first-order valence-electron chi connectivity index (χ1n) is 19.6. The number of para-hydroxylation sites is 2. The van der Waals surface area contributed by atoms with Crippen LogP contribution in [0.4, 0.5) is 11.4 Å². The number of hydrogen-bond acceptors (Lipinski definition) is 3. The van der Waals surface area contributed by atoms with E-state index < -0.39 is 0 Å². The SMILES string of the molecule is C=C1/C=C\C=C/CN(c2ccccc2)c2ccc(C3=Cc4c(c5ccccc5n4-c4nccc(-c5cccc(-c6ccc(-c7ccccc7)cc6)c5)n4)CC3)cc21. The smallest absolute Gasteiger partial charge is 0.235 e. The minimum atomic E-state index is 0.666. The van der Waals surface area contributed by atoms with E-state index in [4.69, 9.17) is 9.97 Å². The Labute approximate surface area is 333 Å². The van der Waals surface area contributed by atoms with Crippen LogP contribution in [-0.4, -0.2) is 21.1 Å². The lowest BCUT2D eigenvalue weighted by Crippen LogP contribution is -2.18. The quantitative estimate of drug-likeness (QED) is 0.171. The second-order valence-electron chi connectivity index (χ2n) is 14.6. The third-order valence-electron chi connectivity index (χ3n) is 11.2. The highest BCUT2D eigenvalue weighted by molar-refractivity contribution is 5.96. The van der Waals surface area contributed by atoms with E-state index in [2.05, 4.69) is 198 Å². The molecule has 0 bridgehead atoms. The first-order chi connectivity index (χ1) is 28.2. The number of nitrogens with zero attached hydrogens (tertiary/aromatic N) is 4. The van der Waals surface area contributed by atoms with Gasteiger partial charge in [0.05, 0.1) is 16.9 Å². The third-order valence-corrected chi connectivity index (χ3v) is 11.2. The fourth-order valence-electron chi connectivity index (χ4n) is 8.33. The highest BCUT2D eigenvalue weighted by Gasteiger charge is 2.24. The molecular formula is C53H40N4. The number of hydrogen-bond donors (Lipinski definition) is 0. The van der Waals surface area contributed by atoms with E-state index in [0.717, 1.165) is 69.9 Å². The van der Waals surface area contributed by atoms with Gasteiger partial charge in [-0.3, -0.25) is 4.57 Å². The number of anilines is 2. The number of aromatic nitrogens is 3. The number of allylic oxidation sites excluding steroid dienone is 5. The lowest BCUT2D eigenvalue weighted by atomic mass is 9.89. The molecule has 0 radical (unpaired) electrons. The summed E-state index contributed by atoms with van der Waals surface area (Å²) in [5, 5.41) is 1.25. The summed E-state index contributed by atoms with van der Waals surface area (Å²) in [6, 6.07) is 56.1. The van der Waals surface area contributed by atoms with Gasteiger partial charge in [0.1, 0.15) is 0 Å². The predicted octanol–water partition coefficient (Wildman–Crippen LogP) is 13.2. The topological polar surface area (TPSA) is 34.0 Å². The molecule has 0 atom stereocenters. The summed E-state index contributed by atoms with van der Waals surface area (Å²) < 4.78 is 2.25. The normalized spacial score (nSPS) is 14.8. The van der Waals surface area contributed by atoms with Gasteiger partial charge in [-0.05, 0) is 106 Å². The zero-order chi connectivity index (χ0) is 38.1. The Bertz CT molecular complexity index is 2880. The maximum absolute atomic E-state index is 5.25. The highest BCUT2D eigenvalue weighted by Crippen LogP contribution is 2.41. The Hall–Kier alpha value is -7.30. The molecule has 0 N–H and O–H groups in total. The summed E-state index contributed by atoms with van der Waals surface area (Å²) in [5.74, 6) is 0.666. The largest absolute Gasteiger partial charge is 0.337 e. The van der Waals surface area contributed by atoms with Crippen LogP contribution in [0.15, 0.2) is 195 Å². The maximum atomic E-state index is 5.25. The van der Waals surface area contributed by atoms with Crippen molar-refractivity contribution >= 4 is 39.5 Å². The molecule has 2 aliphatic rings. The van der Waals surface area contributed by atoms with Gasteiger partial charge in [0.15, 0.2) is 0 Å². The molecule has 0 unspecified atom stereocenters. The standard InChI is InChI=1S/C53H40N4/c1-37-14-5-4-12-33-56(45-19-8-3-9-20-45)50-30-28-42(35-48(37)50)43-27-29-47-46-21-10-11-22-51(46)57(52(47)36-43)53-54-32-31-49(55-53)44-18-13-17-41(34-44)40-25-23-39(24-26-40)38-15-6-2-7-16-38/h2-26,28,30-32,34-36H,1,27,29,33H2/b12-4-,14-5-. The van der Waals surface area contributed by atoms with Crippen LogP contribution in [0.25, 0.3) is 67.6 Å². The Morgan fingerprint density at radius 3 is 2.12 bits per heavy atom. The number of rotatable bonds is 6. The molecule has 1 aliphatic carbocycles. The van der Waals surface area contributed by atoms with Crippen LogP contribution in [0.5, 0.6) is 0 Å². The molecule has 10 rings (SSSR count). The number of benzene rings is 6. The van der Waals surface area contributed by atoms with E-state index in [1.807, 2.05) is 12.3 Å². The summed E-state index contributed by atoms with van der Waals surface area (Å²) in [6.45, 7) is 5.28. The zero-order valence-corrected chi connectivity index (χ0v) is 31.6. The molecule has 0 amide bonds. The number of aryl methyl sites for hydroxylation is 1. The molecule has 0 fully saturated rings. The van der Waals surface area contributed by atoms with E-state index >= 15 is 0 Å². The van der Waals surface area contributed by atoms with Crippen molar-refractivity contribution in [1.82, 2.24) is 14.5 Å². The molecule has 8 aromatic rings. The van der Waals surface area contributed by atoms with Crippen LogP contribution >= 0.6 is 0 Å². The van der Waals surface area contributed by atoms with Crippen molar-refractivity contribution in [3.8, 4) is 39.5 Å². The van der Waals surface area contributed by atoms with Gasteiger partial charge < -0.3 is 4.90 Å². The van der Waals surface area contributed by atoms with Crippen molar-refractivity contribution in [3.63, 3.8) is 0 Å². The summed E-state index contributed by atoms with van der Waals surface area (Å²) in [5.41, 5.74) is 17.2. The zero-order valence-electron chi connectivity index (χ0n) is 31.6. The van der Waals surface area contributed by atoms with Crippen molar-refractivity contribution < 1.29 is 0 Å². The van der Waals surface area contributed by atoms with Gasteiger partial charge in [-0.2, -0.15) is 0 Å². The molecule has 57 heavy (non-hydrogen) atoms. The summed E-state index contributed by atoms with van der Waals surface area (Å²) in [4.78, 5) is 12.5. The van der Waals surface area contributed by atoms with Crippen molar-refractivity contribution in [1.29, 1.82) is 0 Å². The average molecular weight is 733 g/mol. The van der Waals surface area contributed by atoms with Crippen molar-refractivity contribution in [2.24, 2.45) is 0 Å². The van der Waals surface area contributed by atoms with Gasteiger partial charge >= 0.3 is 0 Å². The molecule has 272 valence electrons. The van der Waals surface area contributed by atoms with Gasteiger partial charge in [-0.15, -0.1) is 0 Å². The van der Waals surface area contributed by atoms with Crippen LogP contribution in [0.2, 0.25) is 0 Å². The molecule has 4 nitrogen and oxygen atoms in total. The molecule has 4 heteroatoms. The van der Waals surface area contributed by atoms with E-state index in [9.17, 15) is 0 Å². The molecule has 1 aliphatic heterocycles. The molecule has 0 spiro atoms. The predicted molar refractivity (Wildman–Crippen MR) is 239 cm³/mol. The van der Waals surface area contributed by atoms with Gasteiger partial charge in [-0.1, -0.05) is 146 Å². The fraction of sp³-hybridized carbons (Fsp3) is 0.0566. The van der Waals surface area contributed by atoms with Gasteiger partial charge in [0.2, 0.25) is 5.95 Å². The van der Waals surface area contributed by atoms with Gasteiger partial charge in [0, 0.05) is 40.6 Å². The average Bonchev–Trinajstić information content (AvgIpc) is 3.65. The Kier molecular flexibility index (Phi) is 8.85. The van der Waals surface area contributed by atoms with Crippen LogP contribution in [0, 0.1) is 0 Å². The van der Waals surface area contributed by atoms with Crippen molar-refractivity contribution in [3.05, 3.63) is 217 Å². The molecule has 0 saturated carbocycles. The lowest BCUT2D eigenvalue weighted by molar-refractivity contribution is 0.925. The van der Waals surface area contributed by atoms with Crippen LogP contribution in [-0.2, 0) is 6.42 Å². The van der Waals surface area contributed by atoms with Gasteiger partial charge in [0.25, 0.3) is 0 Å². The minimum absolute atomic E-state index is 0.666.